The first-order valence-electron chi connectivity index (χ1n) is 23.5. The minimum atomic E-state index is -1.00. The molecule has 14 nitrogen and oxygen atoms in total. The van der Waals surface area contributed by atoms with Gasteiger partial charge in [-0.3, -0.25) is 9.59 Å². The number of aryl methyl sites for hydroxylation is 4. The van der Waals surface area contributed by atoms with E-state index in [1.807, 2.05) is 91.8 Å². The van der Waals surface area contributed by atoms with Gasteiger partial charge in [0.25, 0.3) is 0 Å². The lowest BCUT2D eigenvalue weighted by atomic mass is 9.86. The molecule has 4 aromatic rings. The van der Waals surface area contributed by atoms with E-state index in [-0.39, 0.29) is 41.6 Å². The number of carboxylic acids is 1. The number of aliphatic hydroxyl groups excluding tert-OH is 1. The summed E-state index contributed by atoms with van der Waals surface area (Å²) in [6, 6.07) is 14.7. The summed E-state index contributed by atoms with van der Waals surface area (Å²) < 4.78 is 23.8. The van der Waals surface area contributed by atoms with Crippen LogP contribution in [0.3, 0.4) is 0 Å². The fourth-order valence-corrected chi connectivity index (χ4v) is 8.51. The highest BCUT2D eigenvalue weighted by Gasteiger charge is 2.34. The maximum Gasteiger partial charge on any atom is 0.329 e. The average molecular weight is 1040 g/mol. The van der Waals surface area contributed by atoms with Crippen molar-refractivity contribution in [1.82, 2.24) is 20.6 Å². The molecule has 2 heterocycles. The molecule has 0 spiro atoms. The molecule has 2 aliphatic carbocycles. The number of carboxylic acid groups (broad SMARTS) is 1. The van der Waals surface area contributed by atoms with E-state index >= 15 is 0 Å². The van der Waals surface area contributed by atoms with E-state index in [9.17, 15) is 29.4 Å². The number of aliphatic hydroxyl groups is 1. The second-order valence-electron chi connectivity index (χ2n) is 19.6. The molecule has 368 valence electrons. The Balaban J connectivity index is 0.000000235. The standard InChI is InChI=1S/C24H32N2O5.C16H29NO4.C12H12INO/c1-14(2)21(24(28)29)26-22(27)18-6-5-7-19(12-18)30-13-20-16(4)31-23(25-20)17-10-8-15(3)9-11-17;1-10(2)13(15(20)21-16(3,4)5)17-14(19)11-7-6-8-12(18)9-11;1-8-3-5-10(6-4-8)12-14-11(7-13)9(2)15-12/h8-11,14,18-19,21H,5-7,12-13H2,1-4H3,(H,26,27)(H,28,29);10-13,18H,6-9H2,1-5H3,(H,17,19);3-6H,7H2,1-2H3/t18?,19?,21-;11?,12?,13-;/m00./s1. The molecule has 0 aliphatic heterocycles. The topological polar surface area (TPSA) is 203 Å². The minimum Gasteiger partial charge on any atom is -0.480 e. The summed E-state index contributed by atoms with van der Waals surface area (Å²) in [7, 11) is 0. The number of nitrogens with one attached hydrogen (secondary N) is 2. The van der Waals surface area contributed by atoms with Gasteiger partial charge in [-0.05, 0) is 123 Å². The first-order chi connectivity index (χ1) is 31.5. The molecule has 6 rings (SSSR count). The molecular weight excluding hydrogens is 967 g/mol. The van der Waals surface area contributed by atoms with Gasteiger partial charge in [0, 0.05) is 27.4 Å². The first kappa shape index (κ1) is 55.0. The first-order valence-corrected chi connectivity index (χ1v) is 25.1. The summed E-state index contributed by atoms with van der Waals surface area (Å²) in [5, 5.41) is 24.5. The molecule has 0 radical (unpaired) electrons. The number of rotatable bonds is 14. The Morgan fingerprint density at radius 1 is 0.716 bits per heavy atom. The lowest BCUT2D eigenvalue weighted by molar-refractivity contribution is -0.160. The molecule has 0 bridgehead atoms. The monoisotopic (exact) mass is 1040 g/mol. The van der Waals surface area contributed by atoms with Gasteiger partial charge in [-0.15, -0.1) is 0 Å². The Bertz CT molecular complexity index is 2210. The highest BCUT2D eigenvalue weighted by Crippen LogP contribution is 2.30. The van der Waals surface area contributed by atoms with Gasteiger partial charge in [-0.25, -0.2) is 19.6 Å². The summed E-state index contributed by atoms with van der Waals surface area (Å²) in [5.74, 6) is 0.518. The van der Waals surface area contributed by atoms with Crippen LogP contribution in [0.15, 0.2) is 57.4 Å². The van der Waals surface area contributed by atoms with Gasteiger partial charge in [-0.2, -0.15) is 0 Å². The molecule has 2 saturated carbocycles. The number of alkyl halides is 1. The fraction of sp³-hybridized carbons (Fsp3) is 0.577. The van der Waals surface area contributed by atoms with Crippen molar-refractivity contribution < 1.29 is 47.7 Å². The largest absolute Gasteiger partial charge is 0.480 e. The predicted octanol–water partition coefficient (Wildman–Crippen LogP) is 10.2. The van der Waals surface area contributed by atoms with Gasteiger partial charge < -0.3 is 39.2 Å². The number of halogens is 1. The fourth-order valence-electron chi connectivity index (χ4n) is 7.81. The molecule has 67 heavy (non-hydrogen) atoms. The van der Waals surface area contributed by atoms with E-state index in [1.165, 1.54) is 11.1 Å². The van der Waals surface area contributed by atoms with Gasteiger partial charge in [0.05, 0.1) is 24.5 Å². The SMILES string of the molecule is CC(C)[C@H](NC(=O)C1CCCC(O)C1)C(=O)OC(C)(C)C.Cc1ccc(-c2nc(CI)c(C)o2)cc1.Cc1ccc(-c2nc(COC3CCCC(C(=O)N[C@H](C(=O)O)C(C)C)C3)c(C)o2)cc1. The number of aromatic nitrogens is 2. The third-order valence-corrected chi connectivity index (χ3v) is 12.6. The maximum absolute atomic E-state index is 12.6. The molecular formula is C52H73IN4O10. The number of carbonyl (C=O) groups excluding carboxylic acids is 3. The second kappa shape index (κ2) is 25.7. The molecule has 2 aromatic carbocycles. The van der Waals surface area contributed by atoms with Gasteiger partial charge in [0.1, 0.15) is 34.9 Å². The zero-order chi connectivity index (χ0) is 49.6. The van der Waals surface area contributed by atoms with Crippen molar-refractivity contribution in [3.05, 3.63) is 82.6 Å². The summed E-state index contributed by atoms with van der Waals surface area (Å²) in [4.78, 5) is 57.5. The number of nitrogens with zero attached hydrogens (tertiary/aromatic N) is 2. The number of ether oxygens (including phenoxy) is 2. The van der Waals surface area contributed by atoms with E-state index in [1.54, 1.807) is 13.8 Å². The van der Waals surface area contributed by atoms with Gasteiger partial charge >= 0.3 is 11.9 Å². The number of aliphatic carboxylic acids is 1. The van der Waals surface area contributed by atoms with Crippen LogP contribution in [0.25, 0.3) is 22.9 Å². The predicted molar refractivity (Wildman–Crippen MR) is 266 cm³/mol. The van der Waals surface area contributed by atoms with E-state index in [4.69, 9.17) is 18.3 Å². The average Bonchev–Trinajstić information content (AvgIpc) is 3.84. The van der Waals surface area contributed by atoms with Crippen LogP contribution in [0.1, 0.15) is 134 Å². The van der Waals surface area contributed by atoms with Crippen molar-refractivity contribution in [2.24, 2.45) is 23.7 Å². The van der Waals surface area contributed by atoms with Crippen LogP contribution in [0, 0.1) is 51.4 Å². The Hall–Kier alpha value is -4.61. The maximum atomic E-state index is 12.6. The number of hydrogen-bond donors (Lipinski definition) is 4. The lowest BCUT2D eigenvalue weighted by Gasteiger charge is -2.29. The Morgan fingerprint density at radius 3 is 1.63 bits per heavy atom. The molecule has 4 N–H and O–H groups in total. The summed E-state index contributed by atoms with van der Waals surface area (Å²) in [5.41, 5.74) is 5.60. The molecule has 2 fully saturated rings. The molecule has 15 heteroatoms. The van der Waals surface area contributed by atoms with Gasteiger partial charge in [0.15, 0.2) is 0 Å². The third-order valence-electron chi connectivity index (χ3n) is 11.8. The van der Waals surface area contributed by atoms with Gasteiger partial charge in [-0.1, -0.05) is 98.5 Å². The lowest BCUT2D eigenvalue weighted by Crippen LogP contribution is -2.49. The van der Waals surface area contributed by atoms with E-state index in [0.29, 0.717) is 25.3 Å². The van der Waals surface area contributed by atoms with Crippen LogP contribution in [0.2, 0.25) is 0 Å². The van der Waals surface area contributed by atoms with Crippen LogP contribution in [-0.4, -0.2) is 73.8 Å². The molecule has 4 unspecified atom stereocenters. The van der Waals surface area contributed by atoms with Crippen molar-refractivity contribution >= 4 is 46.3 Å². The smallest absolute Gasteiger partial charge is 0.329 e. The number of esters is 1. The Morgan fingerprint density at radius 2 is 1.18 bits per heavy atom. The third kappa shape index (κ3) is 17.5. The van der Waals surface area contributed by atoms with Crippen LogP contribution in [-0.2, 0) is 39.7 Å². The van der Waals surface area contributed by atoms with Gasteiger partial charge in [0.2, 0.25) is 23.6 Å². The van der Waals surface area contributed by atoms with Crippen molar-refractivity contribution in [1.29, 1.82) is 0 Å². The highest BCUT2D eigenvalue weighted by atomic mass is 127. The zero-order valence-corrected chi connectivity index (χ0v) is 43.4. The minimum absolute atomic E-state index is 0.0442. The second-order valence-corrected chi connectivity index (χ2v) is 20.3. The van der Waals surface area contributed by atoms with Crippen molar-refractivity contribution in [3.8, 4) is 22.9 Å². The van der Waals surface area contributed by atoms with Crippen molar-refractivity contribution in [2.45, 2.75) is 168 Å². The quantitative estimate of drug-likeness (QED) is 0.0530. The molecule has 2 aromatic heterocycles. The Labute approximate surface area is 410 Å². The molecule has 0 saturated heterocycles. The number of carbonyl (C=O) groups is 4. The number of hydrogen-bond acceptors (Lipinski definition) is 11. The summed E-state index contributed by atoms with van der Waals surface area (Å²) >= 11 is 2.29. The van der Waals surface area contributed by atoms with Crippen molar-refractivity contribution in [3.63, 3.8) is 0 Å². The van der Waals surface area contributed by atoms with Crippen molar-refractivity contribution in [2.75, 3.05) is 0 Å². The van der Waals surface area contributed by atoms with Crippen LogP contribution < -0.4 is 10.6 Å². The summed E-state index contributed by atoms with van der Waals surface area (Å²) in [6.07, 6.45) is 5.44. The van der Waals surface area contributed by atoms with Crippen LogP contribution in [0.4, 0.5) is 0 Å². The van der Waals surface area contributed by atoms with E-state index in [0.717, 1.165) is 82.9 Å². The highest BCUT2D eigenvalue weighted by molar-refractivity contribution is 14.1. The molecule has 2 aliphatic rings. The number of amides is 2. The normalized spacial score (nSPS) is 19.3. The van der Waals surface area contributed by atoms with Crippen LogP contribution in [0.5, 0.6) is 0 Å². The zero-order valence-electron chi connectivity index (χ0n) is 41.2. The number of oxazole rings is 2. The van der Waals surface area contributed by atoms with E-state index < -0.39 is 35.7 Å². The summed E-state index contributed by atoms with van der Waals surface area (Å²) in [6.45, 7) is 21.0. The Kier molecular flexibility index (Phi) is 21.1. The van der Waals surface area contributed by atoms with E-state index in [2.05, 4.69) is 62.2 Å². The molecule has 2 amide bonds. The molecule has 6 atom stereocenters. The van der Waals surface area contributed by atoms with Crippen LogP contribution >= 0.6 is 22.6 Å². The number of benzene rings is 2.